The number of hydroxylamine groups is 1. The summed E-state index contributed by atoms with van der Waals surface area (Å²) >= 11 is 0. The average Bonchev–Trinajstić information content (AvgIpc) is 3.13. The molecule has 0 radical (unpaired) electrons. The van der Waals surface area contributed by atoms with Gasteiger partial charge in [0, 0.05) is 75.9 Å². The number of nitrogens with zero attached hydrogens (tertiary/aromatic N) is 5. The smallest absolute Gasteiger partial charge is 0.243 e. The normalized spacial score (nSPS) is 19.3. The Labute approximate surface area is 297 Å². The van der Waals surface area contributed by atoms with Gasteiger partial charge in [-0.1, -0.05) is 0 Å². The van der Waals surface area contributed by atoms with E-state index in [4.69, 9.17) is 33.8 Å². The van der Waals surface area contributed by atoms with Crippen molar-refractivity contribution in [1.29, 1.82) is 0 Å². The summed E-state index contributed by atoms with van der Waals surface area (Å²) in [5.74, 6) is -0.0632. The van der Waals surface area contributed by atoms with Crippen molar-refractivity contribution in [2.45, 2.75) is 63.9 Å². The van der Waals surface area contributed by atoms with Gasteiger partial charge >= 0.3 is 0 Å². The van der Waals surface area contributed by atoms with Crippen LogP contribution in [0.1, 0.15) is 50.5 Å². The van der Waals surface area contributed by atoms with Crippen LogP contribution in [0.4, 0.5) is 16.0 Å². The van der Waals surface area contributed by atoms with E-state index < -0.39 is 15.8 Å². The van der Waals surface area contributed by atoms with E-state index in [1.54, 1.807) is 6.07 Å². The molecule has 278 valence electrons. The first kappa shape index (κ1) is 37.0. The zero-order valence-corrected chi connectivity index (χ0v) is 29.9. The van der Waals surface area contributed by atoms with Gasteiger partial charge in [-0.25, -0.2) is 38.1 Å². The summed E-state index contributed by atoms with van der Waals surface area (Å²) in [6.07, 6.45) is 7.56. The molecule has 3 aromatic rings. The minimum atomic E-state index is -3.65. The lowest BCUT2D eigenvalue weighted by molar-refractivity contribution is -0.200. The number of benzene rings is 1. The van der Waals surface area contributed by atoms with Crippen LogP contribution >= 0.6 is 0 Å². The van der Waals surface area contributed by atoms with Crippen molar-refractivity contribution < 1.29 is 41.4 Å². The van der Waals surface area contributed by atoms with E-state index in [-0.39, 0.29) is 29.9 Å². The summed E-state index contributed by atoms with van der Waals surface area (Å²) in [5.41, 5.74) is 4.83. The van der Waals surface area contributed by atoms with Crippen LogP contribution < -0.4 is 19.8 Å². The molecule has 51 heavy (non-hydrogen) atoms. The van der Waals surface area contributed by atoms with E-state index in [0.717, 1.165) is 51.4 Å². The minimum Gasteiger partial charge on any atom is -0.480 e. The maximum Gasteiger partial charge on any atom is 0.243 e. The number of morpholine rings is 1. The second kappa shape index (κ2) is 17.2. The van der Waals surface area contributed by atoms with Crippen LogP contribution in [-0.4, -0.2) is 113 Å². The number of ether oxygens (including phenoxy) is 4. The van der Waals surface area contributed by atoms with Crippen molar-refractivity contribution in [2.24, 2.45) is 0 Å². The average molecular weight is 732 g/mol. The first-order valence-corrected chi connectivity index (χ1v) is 19.3. The molecule has 0 spiro atoms. The molecule has 17 heteroatoms. The number of piperidine rings is 1. The number of halogens is 1. The lowest BCUT2D eigenvalue weighted by Gasteiger charge is -2.32. The van der Waals surface area contributed by atoms with Gasteiger partial charge in [0.2, 0.25) is 27.8 Å². The minimum absolute atomic E-state index is 0.0691. The highest BCUT2D eigenvalue weighted by Gasteiger charge is 2.25. The Morgan fingerprint density at radius 3 is 2.59 bits per heavy atom. The van der Waals surface area contributed by atoms with E-state index in [1.807, 2.05) is 4.90 Å². The van der Waals surface area contributed by atoms with Crippen molar-refractivity contribution in [3.63, 3.8) is 0 Å². The van der Waals surface area contributed by atoms with E-state index in [0.29, 0.717) is 92.6 Å². The number of sulfonamides is 1. The van der Waals surface area contributed by atoms with Crippen LogP contribution in [0, 0.1) is 5.82 Å². The number of fused-ring (bicyclic) bond motifs is 1. The predicted octanol–water partition coefficient (Wildman–Crippen LogP) is 3.38. The Morgan fingerprint density at radius 2 is 1.86 bits per heavy atom. The lowest BCUT2D eigenvalue weighted by Crippen LogP contribution is -2.37. The highest BCUT2D eigenvalue weighted by Crippen LogP contribution is 2.35. The lowest BCUT2D eigenvalue weighted by atomic mass is 10.0. The number of amides is 1. The summed E-state index contributed by atoms with van der Waals surface area (Å²) in [6.45, 7) is 5.29. The van der Waals surface area contributed by atoms with Crippen molar-refractivity contribution in [2.75, 3.05) is 75.6 Å². The SMILES string of the molecule is COc1ncc(-c2nc(N3CCOCC3)nc3c(CN4CCC(OCCCC(=O)NOC5CCCCO5)CC4)cc(F)cc23)cc1NS(C)(=O)=O. The zero-order chi connectivity index (χ0) is 35.8. The summed E-state index contributed by atoms with van der Waals surface area (Å²) in [6, 6.07) is 4.50. The largest absolute Gasteiger partial charge is 0.480 e. The molecule has 1 aromatic carbocycles. The first-order chi connectivity index (χ1) is 24.6. The van der Waals surface area contributed by atoms with Gasteiger partial charge < -0.3 is 23.8 Å². The molecule has 5 heterocycles. The van der Waals surface area contributed by atoms with Gasteiger partial charge in [-0.3, -0.25) is 14.4 Å². The Bertz CT molecular complexity index is 1770. The molecule has 1 atom stereocenters. The fourth-order valence-electron chi connectivity index (χ4n) is 6.46. The highest BCUT2D eigenvalue weighted by molar-refractivity contribution is 7.92. The summed E-state index contributed by atoms with van der Waals surface area (Å²) in [5, 5.41) is 0.484. The highest BCUT2D eigenvalue weighted by atomic mass is 32.2. The monoisotopic (exact) mass is 731 g/mol. The molecule has 6 rings (SSSR count). The van der Waals surface area contributed by atoms with Crippen molar-refractivity contribution in [3.05, 3.63) is 35.8 Å². The molecule has 1 unspecified atom stereocenters. The van der Waals surface area contributed by atoms with Gasteiger partial charge in [0.15, 0.2) is 6.29 Å². The number of aromatic nitrogens is 3. The predicted molar refractivity (Wildman–Crippen MR) is 187 cm³/mol. The number of hydrogen-bond acceptors (Lipinski definition) is 13. The Morgan fingerprint density at radius 1 is 1.06 bits per heavy atom. The standard InChI is InChI=1S/C34H46FN7O8S/c1-46-33-28(40-51(2,44)45)19-23(21-36-33)31-27-20-25(35)18-24(32(27)38-34(37-31)42-12-16-47-17-13-42)22-41-10-8-26(9-11-41)48-15-5-6-29(43)39-50-30-7-3-4-14-49-30/h18-21,26,30,40H,3-17,22H2,1-2H3,(H,39,43). The number of pyridine rings is 1. The Kier molecular flexibility index (Phi) is 12.5. The summed E-state index contributed by atoms with van der Waals surface area (Å²) in [4.78, 5) is 35.9. The van der Waals surface area contributed by atoms with Crippen LogP contribution in [0.25, 0.3) is 22.2 Å². The summed E-state index contributed by atoms with van der Waals surface area (Å²) in [7, 11) is -2.25. The van der Waals surface area contributed by atoms with Gasteiger partial charge in [-0.15, -0.1) is 0 Å². The van der Waals surface area contributed by atoms with Crippen LogP contribution in [0.15, 0.2) is 24.4 Å². The van der Waals surface area contributed by atoms with Gasteiger partial charge in [0.05, 0.1) is 43.9 Å². The van der Waals surface area contributed by atoms with Crippen LogP contribution in [-0.2, 0) is 40.4 Å². The van der Waals surface area contributed by atoms with E-state index in [1.165, 1.54) is 25.4 Å². The molecule has 2 N–H and O–H groups in total. The third-order valence-corrected chi connectivity index (χ3v) is 9.60. The molecule has 1 amide bonds. The van der Waals surface area contributed by atoms with Gasteiger partial charge in [0.1, 0.15) is 11.5 Å². The molecule has 0 aliphatic carbocycles. The van der Waals surface area contributed by atoms with E-state index in [9.17, 15) is 13.2 Å². The van der Waals surface area contributed by atoms with Crippen molar-refractivity contribution in [1.82, 2.24) is 25.3 Å². The molecule has 3 aliphatic rings. The first-order valence-electron chi connectivity index (χ1n) is 17.4. The third kappa shape index (κ3) is 10.2. The Balaban J connectivity index is 1.14. The molecule has 3 saturated heterocycles. The number of methoxy groups -OCH3 is 1. The van der Waals surface area contributed by atoms with Crippen molar-refractivity contribution in [3.8, 4) is 17.1 Å². The number of carbonyl (C=O) groups is 1. The van der Waals surface area contributed by atoms with Crippen LogP contribution in [0.5, 0.6) is 5.88 Å². The fraction of sp³-hybridized carbons (Fsp3) is 0.588. The van der Waals surface area contributed by atoms with Gasteiger partial charge in [-0.2, -0.15) is 0 Å². The van der Waals surface area contributed by atoms with Crippen LogP contribution in [0.2, 0.25) is 0 Å². The number of likely N-dealkylation sites (tertiary alicyclic amines) is 1. The maximum atomic E-state index is 15.4. The number of rotatable bonds is 14. The molecule has 0 saturated carbocycles. The van der Waals surface area contributed by atoms with E-state index in [2.05, 4.69) is 20.1 Å². The summed E-state index contributed by atoms with van der Waals surface area (Å²) < 4.78 is 64.5. The topological polar surface area (TPSA) is 167 Å². The second-order valence-corrected chi connectivity index (χ2v) is 14.7. The number of carbonyl (C=O) groups excluding carboxylic acids is 1. The molecular formula is C34H46FN7O8S. The van der Waals surface area contributed by atoms with Crippen LogP contribution in [0.3, 0.4) is 0 Å². The van der Waals surface area contributed by atoms with E-state index >= 15 is 4.39 Å². The molecule has 0 bridgehead atoms. The molecule has 2 aromatic heterocycles. The second-order valence-electron chi connectivity index (χ2n) is 13.0. The molecular weight excluding hydrogens is 685 g/mol. The fourth-order valence-corrected chi connectivity index (χ4v) is 7.01. The molecule has 3 fully saturated rings. The Hall–Kier alpha value is -3.74. The quantitative estimate of drug-likeness (QED) is 0.183. The third-order valence-electron chi connectivity index (χ3n) is 9.01. The molecule has 15 nitrogen and oxygen atoms in total. The molecule has 3 aliphatic heterocycles. The number of hydrogen-bond donors (Lipinski definition) is 2. The number of nitrogens with one attached hydrogen (secondary N) is 2. The number of anilines is 2. The van der Waals surface area contributed by atoms with Crippen molar-refractivity contribution >= 4 is 38.5 Å². The zero-order valence-electron chi connectivity index (χ0n) is 29.1. The van der Waals surface area contributed by atoms with Gasteiger partial charge in [0.25, 0.3) is 0 Å². The van der Waals surface area contributed by atoms with Gasteiger partial charge in [-0.05, 0) is 55.9 Å². The maximum absolute atomic E-state index is 15.4.